The van der Waals surface area contributed by atoms with Crippen LogP contribution in [0.3, 0.4) is 0 Å². The first-order chi connectivity index (χ1) is 9.90. The summed E-state index contributed by atoms with van der Waals surface area (Å²) in [4.78, 5) is 0.764. The second kappa shape index (κ2) is 6.73. The Bertz CT molecular complexity index is 611. The summed E-state index contributed by atoms with van der Waals surface area (Å²) >= 11 is 7.27. The Morgan fingerprint density at radius 2 is 1.71 bits per heavy atom. The normalized spacial score (nSPS) is 11.7. The molecule has 0 unspecified atom stereocenters. The van der Waals surface area contributed by atoms with E-state index in [1.807, 2.05) is 12.1 Å². The summed E-state index contributed by atoms with van der Waals surface area (Å²) in [6.45, 7) is 0.0763. The molecule has 0 radical (unpaired) electrons. The average Bonchev–Trinajstić information content (AvgIpc) is 2.45. The Balaban J connectivity index is 2.14. The number of hydrogen-bond acceptors (Lipinski definition) is 2. The van der Waals surface area contributed by atoms with Crippen molar-refractivity contribution in [3.63, 3.8) is 0 Å². The van der Waals surface area contributed by atoms with Crippen LogP contribution in [-0.2, 0) is 18.5 Å². The fourth-order valence-corrected chi connectivity index (χ4v) is 2.93. The van der Waals surface area contributed by atoms with Gasteiger partial charge >= 0.3 is 6.18 Å². The molecule has 0 spiro atoms. The van der Waals surface area contributed by atoms with Crippen molar-refractivity contribution in [3.8, 4) is 0 Å². The minimum absolute atomic E-state index is 0.0763. The predicted octanol–water partition coefficient (Wildman–Crippen LogP) is 5.11. The van der Waals surface area contributed by atoms with Crippen molar-refractivity contribution in [1.82, 2.24) is 0 Å². The smallest absolute Gasteiger partial charge is 0.326 e. The second-order valence-electron chi connectivity index (χ2n) is 4.44. The molecule has 0 fully saturated rings. The van der Waals surface area contributed by atoms with Gasteiger partial charge in [0.1, 0.15) is 0 Å². The highest BCUT2D eigenvalue weighted by Crippen LogP contribution is 2.34. The molecule has 0 bridgehead atoms. The van der Waals surface area contributed by atoms with E-state index in [2.05, 4.69) is 0 Å². The molecule has 21 heavy (non-hydrogen) atoms. The maximum atomic E-state index is 12.7. The molecular formula is C15H13ClF3NS. The average molecular weight is 332 g/mol. The number of nitrogens with two attached hydrogens (primary N) is 1. The predicted molar refractivity (Wildman–Crippen MR) is 80.3 cm³/mol. The molecular weight excluding hydrogens is 319 g/mol. The van der Waals surface area contributed by atoms with Gasteiger partial charge in [-0.15, -0.1) is 11.8 Å². The van der Waals surface area contributed by atoms with Crippen LogP contribution in [0.15, 0.2) is 47.4 Å². The Morgan fingerprint density at radius 1 is 1.05 bits per heavy atom. The van der Waals surface area contributed by atoms with Crippen molar-refractivity contribution in [2.75, 3.05) is 0 Å². The van der Waals surface area contributed by atoms with Gasteiger partial charge in [-0.05, 0) is 41.5 Å². The van der Waals surface area contributed by atoms with Gasteiger partial charge in [-0.3, -0.25) is 0 Å². The topological polar surface area (TPSA) is 26.0 Å². The lowest BCUT2D eigenvalue weighted by Crippen LogP contribution is -2.07. The van der Waals surface area contributed by atoms with E-state index in [0.29, 0.717) is 16.3 Å². The van der Waals surface area contributed by atoms with Gasteiger partial charge in [0, 0.05) is 22.2 Å². The minimum Gasteiger partial charge on any atom is -0.326 e. The van der Waals surface area contributed by atoms with E-state index in [9.17, 15) is 13.2 Å². The molecule has 0 saturated heterocycles. The molecule has 0 aliphatic carbocycles. The zero-order valence-corrected chi connectivity index (χ0v) is 12.5. The highest BCUT2D eigenvalue weighted by atomic mass is 35.5. The van der Waals surface area contributed by atoms with Crippen LogP contribution in [0.25, 0.3) is 0 Å². The molecule has 0 aromatic heterocycles. The highest BCUT2D eigenvalue weighted by Gasteiger charge is 2.30. The number of thioether (sulfide) groups is 1. The molecule has 0 heterocycles. The lowest BCUT2D eigenvalue weighted by molar-refractivity contribution is -0.137. The van der Waals surface area contributed by atoms with Gasteiger partial charge in [0.2, 0.25) is 0 Å². The van der Waals surface area contributed by atoms with Crippen molar-refractivity contribution in [2.45, 2.75) is 23.4 Å². The van der Waals surface area contributed by atoms with Gasteiger partial charge in [-0.25, -0.2) is 0 Å². The van der Waals surface area contributed by atoms with Gasteiger partial charge in [-0.1, -0.05) is 23.7 Å². The van der Waals surface area contributed by atoms with E-state index in [1.54, 1.807) is 12.1 Å². The van der Waals surface area contributed by atoms with Crippen LogP contribution >= 0.6 is 23.4 Å². The second-order valence-corrected chi connectivity index (χ2v) is 5.89. The molecule has 112 valence electrons. The summed E-state index contributed by atoms with van der Waals surface area (Å²) in [7, 11) is 0. The van der Waals surface area contributed by atoms with E-state index in [1.165, 1.54) is 17.8 Å². The fraction of sp³-hybridized carbons (Fsp3) is 0.200. The SMILES string of the molecule is NCc1cc(C(F)(F)F)ccc1SCc1ccc(Cl)cc1. The van der Waals surface area contributed by atoms with Crippen LogP contribution in [0.1, 0.15) is 16.7 Å². The van der Waals surface area contributed by atoms with E-state index < -0.39 is 11.7 Å². The lowest BCUT2D eigenvalue weighted by atomic mass is 10.1. The summed E-state index contributed by atoms with van der Waals surface area (Å²) in [6, 6.07) is 11.0. The maximum Gasteiger partial charge on any atom is 0.416 e. The molecule has 0 aliphatic heterocycles. The molecule has 2 N–H and O–H groups in total. The van der Waals surface area contributed by atoms with E-state index in [0.717, 1.165) is 22.6 Å². The number of hydrogen-bond donors (Lipinski definition) is 1. The van der Waals surface area contributed by atoms with Crippen molar-refractivity contribution in [2.24, 2.45) is 5.73 Å². The quantitative estimate of drug-likeness (QED) is 0.788. The Hall–Kier alpha value is -1.17. The first-order valence-electron chi connectivity index (χ1n) is 6.17. The zero-order chi connectivity index (χ0) is 15.5. The van der Waals surface area contributed by atoms with Crippen molar-refractivity contribution >= 4 is 23.4 Å². The van der Waals surface area contributed by atoms with Gasteiger partial charge in [0.25, 0.3) is 0 Å². The standard InChI is InChI=1S/C15H13ClF3NS/c16-13-4-1-10(2-5-13)9-21-14-6-3-12(15(17,18)19)7-11(14)8-20/h1-7H,8-9,20H2. The molecule has 0 saturated carbocycles. The van der Waals surface area contributed by atoms with E-state index in [-0.39, 0.29) is 6.54 Å². The lowest BCUT2D eigenvalue weighted by Gasteiger charge is -2.12. The Kier molecular flexibility index (Phi) is 5.19. The number of rotatable bonds is 4. The number of benzene rings is 2. The molecule has 1 nitrogen and oxygen atoms in total. The number of halogens is 4. The molecule has 0 aliphatic rings. The third-order valence-electron chi connectivity index (χ3n) is 2.92. The molecule has 6 heteroatoms. The summed E-state index contributed by atoms with van der Waals surface area (Å²) in [5, 5.41) is 0.654. The van der Waals surface area contributed by atoms with E-state index in [4.69, 9.17) is 17.3 Å². The summed E-state index contributed by atoms with van der Waals surface area (Å²) < 4.78 is 38.0. The third-order valence-corrected chi connectivity index (χ3v) is 4.35. The highest BCUT2D eigenvalue weighted by molar-refractivity contribution is 7.98. The van der Waals surface area contributed by atoms with Crippen molar-refractivity contribution in [3.05, 3.63) is 64.2 Å². The first-order valence-corrected chi connectivity index (χ1v) is 7.54. The first kappa shape index (κ1) is 16.2. The van der Waals surface area contributed by atoms with Gasteiger partial charge < -0.3 is 5.73 Å². The summed E-state index contributed by atoms with van der Waals surface area (Å²) in [5.74, 6) is 0.648. The van der Waals surface area contributed by atoms with Crippen LogP contribution in [0.5, 0.6) is 0 Å². The Morgan fingerprint density at radius 3 is 2.29 bits per heavy atom. The van der Waals surface area contributed by atoms with Crippen LogP contribution in [0.2, 0.25) is 5.02 Å². The summed E-state index contributed by atoms with van der Waals surface area (Å²) in [6.07, 6.45) is -4.34. The van der Waals surface area contributed by atoms with Crippen LogP contribution in [0, 0.1) is 0 Å². The maximum absolute atomic E-state index is 12.7. The van der Waals surface area contributed by atoms with Crippen molar-refractivity contribution < 1.29 is 13.2 Å². The minimum atomic E-state index is -4.34. The van der Waals surface area contributed by atoms with Crippen molar-refractivity contribution in [1.29, 1.82) is 0 Å². The molecule has 2 rings (SSSR count). The van der Waals surface area contributed by atoms with Gasteiger partial charge in [-0.2, -0.15) is 13.2 Å². The molecule has 2 aromatic rings. The monoisotopic (exact) mass is 331 g/mol. The largest absolute Gasteiger partial charge is 0.416 e. The molecule has 2 aromatic carbocycles. The summed E-state index contributed by atoms with van der Waals surface area (Å²) in [5.41, 5.74) is 6.44. The number of alkyl halides is 3. The third kappa shape index (κ3) is 4.40. The van der Waals surface area contributed by atoms with Gasteiger partial charge in [0.15, 0.2) is 0 Å². The van der Waals surface area contributed by atoms with Gasteiger partial charge in [0.05, 0.1) is 5.56 Å². The molecule has 0 amide bonds. The zero-order valence-electron chi connectivity index (χ0n) is 11.0. The molecule has 0 atom stereocenters. The van der Waals surface area contributed by atoms with Crippen LogP contribution in [-0.4, -0.2) is 0 Å². The fourth-order valence-electron chi connectivity index (χ4n) is 1.80. The Labute approximate surface area is 130 Å². The van der Waals surface area contributed by atoms with Crippen LogP contribution < -0.4 is 5.73 Å². The van der Waals surface area contributed by atoms with Crippen LogP contribution in [0.4, 0.5) is 13.2 Å². The van der Waals surface area contributed by atoms with E-state index >= 15 is 0 Å².